The molecule has 5 heteroatoms. The molecule has 1 aromatic rings. The minimum Gasteiger partial charge on any atom is -0.356 e. The lowest BCUT2D eigenvalue weighted by atomic mass is 10.1. The molecule has 0 saturated heterocycles. The normalized spacial score (nSPS) is 11.1. The van der Waals surface area contributed by atoms with E-state index in [1.807, 2.05) is 24.3 Å². The number of nitrogens with one attached hydrogen (secondary N) is 3. The topological polar surface area (TPSA) is 65.5 Å². The zero-order valence-electron chi connectivity index (χ0n) is 13.2. The van der Waals surface area contributed by atoms with Crippen molar-refractivity contribution in [3.63, 3.8) is 0 Å². The second-order valence-corrected chi connectivity index (χ2v) is 4.91. The van der Waals surface area contributed by atoms with E-state index in [4.69, 9.17) is 0 Å². The Morgan fingerprint density at radius 2 is 1.81 bits per heavy atom. The fraction of sp³-hybridized carbons (Fsp3) is 0.500. The van der Waals surface area contributed by atoms with Crippen molar-refractivity contribution in [1.82, 2.24) is 10.6 Å². The van der Waals surface area contributed by atoms with Crippen LogP contribution in [0.4, 0.5) is 5.69 Å². The number of aliphatic imine (C=N–C) groups is 1. The van der Waals surface area contributed by atoms with Gasteiger partial charge in [-0.2, -0.15) is 0 Å². The predicted molar refractivity (Wildman–Crippen MR) is 88.7 cm³/mol. The number of anilines is 1. The first-order valence-electron chi connectivity index (χ1n) is 7.46. The van der Waals surface area contributed by atoms with E-state index in [2.05, 4.69) is 27.9 Å². The molecule has 0 aliphatic carbocycles. The fourth-order valence-electron chi connectivity index (χ4n) is 1.89. The first kappa shape index (κ1) is 17.0. The lowest BCUT2D eigenvalue weighted by Crippen LogP contribution is -2.38. The number of guanidine groups is 1. The van der Waals surface area contributed by atoms with Crippen LogP contribution in [0, 0.1) is 0 Å². The summed E-state index contributed by atoms with van der Waals surface area (Å²) in [5, 5.41) is 9.33. The Morgan fingerprint density at radius 1 is 1.14 bits per heavy atom. The Morgan fingerprint density at radius 3 is 2.38 bits per heavy atom. The van der Waals surface area contributed by atoms with Gasteiger partial charge in [-0.25, -0.2) is 0 Å². The molecule has 0 spiro atoms. The quantitative estimate of drug-likeness (QED) is 0.409. The summed E-state index contributed by atoms with van der Waals surface area (Å²) in [7, 11) is 1.78. The molecule has 0 saturated carbocycles. The van der Waals surface area contributed by atoms with Crippen LogP contribution >= 0.6 is 0 Å². The van der Waals surface area contributed by atoms with E-state index in [1.54, 1.807) is 7.05 Å². The number of hydrogen-bond donors (Lipinski definition) is 3. The van der Waals surface area contributed by atoms with Crippen LogP contribution in [0.15, 0.2) is 29.3 Å². The molecule has 0 bridgehead atoms. The maximum Gasteiger partial charge on any atom is 0.221 e. The van der Waals surface area contributed by atoms with Gasteiger partial charge in [0.25, 0.3) is 0 Å². The van der Waals surface area contributed by atoms with Crippen LogP contribution in [0.25, 0.3) is 0 Å². The van der Waals surface area contributed by atoms with Crippen molar-refractivity contribution in [2.45, 2.75) is 33.1 Å². The molecule has 0 unspecified atom stereocenters. The van der Waals surface area contributed by atoms with Crippen molar-refractivity contribution in [1.29, 1.82) is 0 Å². The molecule has 1 amide bonds. The van der Waals surface area contributed by atoms with Crippen molar-refractivity contribution >= 4 is 17.6 Å². The molecule has 3 N–H and O–H groups in total. The molecule has 116 valence electrons. The van der Waals surface area contributed by atoms with Gasteiger partial charge in [-0.1, -0.05) is 25.5 Å². The smallest absolute Gasteiger partial charge is 0.221 e. The number of rotatable bonds is 7. The van der Waals surface area contributed by atoms with Crippen LogP contribution in [-0.2, 0) is 11.2 Å². The highest BCUT2D eigenvalue weighted by Gasteiger charge is 1.99. The predicted octanol–water partition coefficient (Wildman–Crippen LogP) is 2.15. The number of hydrogen-bond acceptors (Lipinski definition) is 2. The van der Waals surface area contributed by atoms with E-state index < -0.39 is 0 Å². The van der Waals surface area contributed by atoms with Gasteiger partial charge in [0.2, 0.25) is 5.91 Å². The zero-order valence-corrected chi connectivity index (χ0v) is 13.2. The number of unbranched alkanes of at least 4 members (excludes halogenated alkanes) is 1. The highest BCUT2D eigenvalue weighted by Crippen LogP contribution is 2.09. The van der Waals surface area contributed by atoms with Gasteiger partial charge in [0.1, 0.15) is 0 Å². The first-order valence-corrected chi connectivity index (χ1v) is 7.46. The van der Waals surface area contributed by atoms with Crippen molar-refractivity contribution in [2.75, 3.05) is 25.5 Å². The average Bonchev–Trinajstić information content (AvgIpc) is 2.47. The molecular weight excluding hydrogens is 264 g/mol. The molecule has 0 aliphatic rings. The van der Waals surface area contributed by atoms with Gasteiger partial charge in [-0.05, 0) is 30.5 Å². The summed E-state index contributed by atoms with van der Waals surface area (Å²) in [4.78, 5) is 15.1. The Balaban J connectivity index is 2.32. The van der Waals surface area contributed by atoms with Gasteiger partial charge >= 0.3 is 0 Å². The molecule has 0 aromatic heterocycles. The van der Waals surface area contributed by atoms with Crippen LogP contribution in [0.1, 0.15) is 32.3 Å². The maximum atomic E-state index is 10.9. The van der Waals surface area contributed by atoms with Gasteiger partial charge in [0.15, 0.2) is 5.96 Å². The van der Waals surface area contributed by atoms with Crippen LogP contribution in [0.5, 0.6) is 0 Å². The average molecular weight is 290 g/mol. The fourth-order valence-corrected chi connectivity index (χ4v) is 1.89. The van der Waals surface area contributed by atoms with Crippen LogP contribution in [-0.4, -0.2) is 32.0 Å². The zero-order chi connectivity index (χ0) is 15.5. The molecular formula is C16H26N4O. The van der Waals surface area contributed by atoms with E-state index in [9.17, 15) is 4.79 Å². The Labute approximate surface area is 127 Å². The minimum atomic E-state index is -0.0497. The second-order valence-electron chi connectivity index (χ2n) is 4.91. The third kappa shape index (κ3) is 7.34. The van der Waals surface area contributed by atoms with Gasteiger partial charge in [-0.15, -0.1) is 0 Å². The highest BCUT2D eigenvalue weighted by atomic mass is 16.1. The lowest BCUT2D eigenvalue weighted by Gasteiger charge is -2.11. The molecule has 0 heterocycles. The van der Waals surface area contributed by atoms with E-state index in [0.717, 1.165) is 37.6 Å². The third-order valence-electron chi connectivity index (χ3n) is 3.03. The van der Waals surface area contributed by atoms with Gasteiger partial charge in [0, 0.05) is 32.7 Å². The molecule has 1 aromatic carbocycles. The van der Waals surface area contributed by atoms with Crippen molar-refractivity contribution in [2.24, 2.45) is 4.99 Å². The first-order chi connectivity index (χ1) is 10.2. The van der Waals surface area contributed by atoms with Gasteiger partial charge < -0.3 is 16.0 Å². The largest absolute Gasteiger partial charge is 0.356 e. The molecule has 0 radical (unpaired) electrons. The second kappa shape index (κ2) is 9.80. The molecule has 0 aliphatic heterocycles. The van der Waals surface area contributed by atoms with Crippen molar-refractivity contribution in [3.05, 3.63) is 29.8 Å². The van der Waals surface area contributed by atoms with E-state index in [0.29, 0.717) is 0 Å². The van der Waals surface area contributed by atoms with Gasteiger partial charge in [-0.3, -0.25) is 9.79 Å². The van der Waals surface area contributed by atoms with E-state index >= 15 is 0 Å². The van der Waals surface area contributed by atoms with Crippen molar-refractivity contribution < 1.29 is 4.79 Å². The SMILES string of the molecule is CCCCNC(=NC)NCCc1ccc(NC(C)=O)cc1. The Hall–Kier alpha value is -2.04. The molecule has 0 atom stereocenters. The summed E-state index contributed by atoms with van der Waals surface area (Å²) in [6.07, 6.45) is 3.23. The Kier molecular flexibility index (Phi) is 7.94. The number of carbonyl (C=O) groups is 1. The standard InChI is InChI=1S/C16H26N4O/c1-4-5-11-18-16(17-3)19-12-10-14-6-8-15(9-7-14)20-13(2)21/h6-9H,4-5,10-12H2,1-3H3,(H,20,21)(H2,17,18,19). The molecule has 0 fully saturated rings. The molecule has 21 heavy (non-hydrogen) atoms. The Bertz CT molecular complexity index is 454. The monoisotopic (exact) mass is 290 g/mol. The van der Waals surface area contributed by atoms with E-state index in [-0.39, 0.29) is 5.91 Å². The summed E-state index contributed by atoms with van der Waals surface area (Å²) in [6, 6.07) is 7.90. The number of amides is 1. The van der Waals surface area contributed by atoms with Crippen LogP contribution in [0.2, 0.25) is 0 Å². The maximum absolute atomic E-state index is 10.9. The summed E-state index contributed by atoms with van der Waals surface area (Å²) in [6.45, 7) is 5.45. The molecule has 5 nitrogen and oxygen atoms in total. The lowest BCUT2D eigenvalue weighted by molar-refractivity contribution is -0.114. The molecule has 1 rings (SSSR count). The van der Waals surface area contributed by atoms with E-state index in [1.165, 1.54) is 18.9 Å². The van der Waals surface area contributed by atoms with Crippen molar-refractivity contribution in [3.8, 4) is 0 Å². The number of benzene rings is 1. The highest BCUT2D eigenvalue weighted by molar-refractivity contribution is 5.88. The number of carbonyl (C=O) groups excluding carboxylic acids is 1. The van der Waals surface area contributed by atoms with Crippen LogP contribution in [0.3, 0.4) is 0 Å². The summed E-state index contributed by atoms with van der Waals surface area (Å²) in [5.74, 6) is 0.796. The number of nitrogens with zero attached hydrogens (tertiary/aromatic N) is 1. The minimum absolute atomic E-state index is 0.0497. The van der Waals surface area contributed by atoms with Gasteiger partial charge in [0.05, 0.1) is 0 Å². The summed E-state index contributed by atoms with van der Waals surface area (Å²) >= 11 is 0. The third-order valence-corrected chi connectivity index (χ3v) is 3.03. The summed E-state index contributed by atoms with van der Waals surface area (Å²) < 4.78 is 0. The summed E-state index contributed by atoms with van der Waals surface area (Å²) in [5.41, 5.74) is 2.05. The van der Waals surface area contributed by atoms with Crippen LogP contribution < -0.4 is 16.0 Å².